The highest BCUT2D eigenvalue weighted by Gasteiger charge is 2.30. The zero-order chi connectivity index (χ0) is 26.5. The molecule has 1 aromatic carbocycles. The number of hydroxylamine groups is 2. The molecule has 196 valence electrons. The minimum Gasteiger partial charge on any atom is -0.462 e. The van der Waals surface area contributed by atoms with E-state index in [1.165, 1.54) is 6.07 Å². The van der Waals surface area contributed by atoms with Crippen LogP contribution in [0.4, 0.5) is 0 Å². The summed E-state index contributed by atoms with van der Waals surface area (Å²) >= 11 is 0. The number of hydrogen-bond donors (Lipinski definition) is 3. The number of esters is 1. The maximum Gasteiger partial charge on any atom is 0.338 e. The summed E-state index contributed by atoms with van der Waals surface area (Å²) in [5, 5.41) is 15.7. The van der Waals surface area contributed by atoms with Crippen LogP contribution in [-0.2, 0) is 14.3 Å². The molecule has 1 aromatic heterocycles. The second kappa shape index (κ2) is 14.7. The van der Waals surface area contributed by atoms with Gasteiger partial charge in [-0.05, 0) is 44.0 Å². The third kappa shape index (κ3) is 7.94. The van der Waals surface area contributed by atoms with E-state index in [9.17, 15) is 24.4 Å². The number of benzene rings is 1. The minimum atomic E-state index is -0.655. The summed E-state index contributed by atoms with van der Waals surface area (Å²) in [5.41, 5.74) is 1.09. The molecule has 10 heteroatoms. The lowest BCUT2D eigenvalue weighted by Gasteiger charge is -2.29. The van der Waals surface area contributed by atoms with E-state index in [0.717, 1.165) is 19.3 Å². The maximum absolute atomic E-state index is 12.8. The lowest BCUT2D eigenvalue weighted by molar-refractivity contribution is -0.168. The number of unbranched alkanes of at least 4 members (excludes halogenated alkanes) is 2. The molecule has 2 atom stereocenters. The van der Waals surface area contributed by atoms with Crippen molar-refractivity contribution < 1.29 is 33.5 Å². The molecule has 0 radical (unpaired) electrons. The minimum absolute atomic E-state index is 0.0575. The van der Waals surface area contributed by atoms with Crippen LogP contribution in [0.1, 0.15) is 73.8 Å². The van der Waals surface area contributed by atoms with Crippen LogP contribution in [-0.4, -0.2) is 53.8 Å². The van der Waals surface area contributed by atoms with Crippen molar-refractivity contribution in [1.29, 1.82) is 0 Å². The van der Waals surface area contributed by atoms with Gasteiger partial charge in [0.25, 0.3) is 5.91 Å². The lowest BCUT2D eigenvalue weighted by atomic mass is 9.90. The van der Waals surface area contributed by atoms with Crippen molar-refractivity contribution in [3.63, 3.8) is 0 Å². The van der Waals surface area contributed by atoms with Gasteiger partial charge in [0.05, 0.1) is 30.8 Å². The fraction of sp³-hybridized carbons (Fsp3) is 0.462. The van der Waals surface area contributed by atoms with E-state index in [1.54, 1.807) is 44.2 Å². The Morgan fingerprint density at radius 1 is 1.06 bits per heavy atom. The maximum atomic E-state index is 12.8. The van der Waals surface area contributed by atoms with E-state index in [4.69, 9.17) is 9.15 Å². The first kappa shape index (κ1) is 28.6. The summed E-state index contributed by atoms with van der Waals surface area (Å²) < 4.78 is 10.6. The molecule has 0 spiro atoms. The second-order valence-electron chi connectivity index (χ2n) is 8.25. The molecule has 3 amide bonds. The summed E-state index contributed by atoms with van der Waals surface area (Å²) in [4.78, 5) is 48.2. The largest absolute Gasteiger partial charge is 0.462 e. The fourth-order valence-corrected chi connectivity index (χ4v) is 3.88. The van der Waals surface area contributed by atoms with Gasteiger partial charge >= 0.3 is 5.97 Å². The van der Waals surface area contributed by atoms with Gasteiger partial charge in [-0.2, -0.15) is 0 Å². The first-order chi connectivity index (χ1) is 17.4. The third-order valence-corrected chi connectivity index (χ3v) is 5.81. The number of ether oxygens (including phenoxy) is 1. The van der Waals surface area contributed by atoms with Gasteiger partial charge in [0, 0.05) is 5.56 Å². The van der Waals surface area contributed by atoms with Crippen LogP contribution >= 0.6 is 0 Å². The summed E-state index contributed by atoms with van der Waals surface area (Å²) in [5.74, 6) is -1.40. The van der Waals surface area contributed by atoms with Crippen molar-refractivity contribution in [2.75, 3.05) is 13.3 Å². The van der Waals surface area contributed by atoms with Crippen molar-refractivity contribution >= 4 is 24.2 Å². The molecule has 3 N–H and O–H groups in total. The van der Waals surface area contributed by atoms with Gasteiger partial charge in [-0.1, -0.05) is 45.2 Å². The van der Waals surface area contributed by atoms with Gasteiger partial charge in [-0.3, -0.25) is 19.6 Å². The Kier molecular flexibility index (Phi) is 11.6. The Hall–Kier alpha value is -3.66. The Balaban J connectivity index is 1.96. The molecule has 0 saturated heterocycles. The number of carbonyl (C=O) groups is 4. The monoisotopic (exact) mass is 501 g/mol. The Morgan fingerprint density at radius 3 is 2.39 bits per heavy atom. The van der Waals surface area contributed by atoms with E-state index in [2.05, 4.69) is 10.6 Å². The number of nitrogens with zero attached hydrogens (tertiary/aromatic N) is 1. The molecule has 0 saturated carbocycles. The van der Waals surface area contributed by atoms with Gasteiger partial charge < -0.3 is 19.8 Å². The van der Waals surface area contributed by atoms with Gasteiger partial charge in [-0.15, -0.1) is 0 Å². The molecule has 0 aliphatic heterocycles. The number of hydrogen-bond acceptors (Lipinski definition) is 7. The van der Waals surface area contributed by atoms with E-state index in [1.807, 2.05) is 6.92 Å². The second-order valence-corrected chi connectivity index (χ2v) is 8.25. The fourth-order valence-electron chi connectivity index (χ4n) is 3.88. The average molecular weight is 502 g/mol. The standard InChI is InChI=1S/C26H35N3O7/c1-4-7-8-9-20(21(5-2)29(34)17-30)24(31)27-16-28-25(32)23-15-14-22(36-23)18-10-12-19(13-11-18)26(33)35-6-3/h10-15,17,20-21,34H,4-9,16H2,1-3H3,(H,27,31)(H,28,32)/t20-,21-/m1/s1. The van der Waals surface area contributed by atoms with E-state index < -0.39 is 23.8 Å². The highest BCUT2D eigenvalue weighted by atomic mass is 16.5. The average Bonchev–Trinajstić information content (AvgIpc) is 3.38. The van der Waals surface area contributed by atoms with E-state index in [0.29, 0.717) is 41.2 Å². The van der Waals surface area contributed by atoms with Crippen LogP contribution in [0, 0.1) is 5.92 Å². The van der Waals surface area contributed by atoms with Crippen molar-refractivity contribution in [2.24, 2.45) is 5.92 Å². The SMILES string of the molecule is CCCCC[C@@H](C(=O)NCNC(=O)c1ccc(-c2ccc(C(=O)OCC)cc2)o1)[C@@H](CC)N(O)C=O. The summed E-state index contributed by atoms with van der Waals surface area (Å²) in [6, 6.07) is 9.11. The van der Waals surface area contributed by atoms with Crippen LogP contribution in [0.15, 0.2) is 40.8 Å². The van der Waals surface area contributed by atoms with Crippen molar-refractivity contribution in [1.82, 2.24) is 15.7 Å². The van der Waals surface area contributed by atoms with Gasteiger partial charge in [-0.25, -0.2) is 9.86 Å². The Bertz CT molecular complexity index is 1000. The topological polar surface area (TPSA) is 138 Å². The molecule has 2 aromatic rings. The van der Waals surface area contributed by atoms with Crippen LogP contribution < -0.4 is 10.6 Å². The number of furan rings is 1. The molecule has 0 aliphatic carbocycles. The summed E-state index contributed by atoms with van der Waals surface area (Å²) in [6.07, 6.45) is 3.89. The highest BCUT2D eigenvalue weighted by Crippen LogP contribution is 2.23. The van der Waals surface area contributed by atoms with Gasteiger partial charge in [0.15, 0.2) is 5.76 Å². The molecule has 0 unspecified atom stereocenters. The molecular formula is C26H35N3O7. The van der Waals surface area contributed by atoms with Gasteiger partial charge in [0.1, 0.15) is 5.76 Å². The molecule has 10 nitrogen and oxygen atoms in total. The van der Waals surface area contributed by atoms with Crippen LogP contribution in [0.3, 0.4) is 0 Å². The molecule has 0 fully saturated rings. The smallest absolute Gasteiger partial charge is 0.338 e. The van der Waals surface area contributed by atoms with Crippen LogP contribution in [0.5, 0.6) is 0 Å². The van der Waals surface area contributed by atoms with Crippen molar-refractivity contribution in [3.8, 4) is 11.3 Å². The normalized spacial score (nSPS) is 12.3. The lowest BCUT2D eigenvalue weighted by Crippen LogP contribution is -2.47. The molecule has 36 heavy (non-hydrogen) atoms. The van der Waals surface area contributed by atoms with Crippen LogP contribution in [0.25, 0.3) is 11.3 Å². The van der Waals surface area contributed by atoms with Crippen molar-refractivity contribution in [3.05, 3.63) is 47.7 Å². The first-order valence-electron chi connectivity index (χ1n) is 12.2. The highest BCUT2D eigenvalue weighted by molar-refractivity contribution is 5.92. The predicted octanol–water partition coefficient (Wildman–Crippen LogP) is 3.75. The summed E-state index contributed by atoms with van der Waals surface area (Å²) in [6.45, 7) is 5.71. The molecule has 2 rings (SSSR count). The van der Waals surface area contributed by atoms with Crippen LogP contribution in [0.2, 0.25) is 0 Å². The number of rotatable bonds is 15. The molecular weight excluding hydrogens is 466 g/mol. The molecule has 0 bridgehead atoms. The zero-order valence-corrected chi connectivity index (χ0v) is 21.0. The predicted molar refractivity (Wildman–Crippen MR) is 132 cm³/mol. The zero-order valence-electron chi connectivity index (χ0n) is 21.0. The number of carbonyl (C=O) groups excluding carboxylic acids is 4. The van der Waals surface area contributed by atoms with Crippen molar-refractivity contribution in [2.45, 2.75) is 58.9 Å². The van der Waals surface area contributed by atoms with E-state index in [-0.39, 0.29) is 24.9 Å². The first-order valence-corrected chi connectivity index (χ1v) is 12.2. The third-order valence-electron chi connectivity index (χ3n) is 5.81. The Labute approximate surface area is 210 Å². The van der Waals surface area contributed by atoms with Gasteiger partial charge in [0.2, 0.25) is 12.3 Å². The van der Waals surface area contributed by atoms with E-state index >= 15 is 0 Å². The molecule has 0 aliphatic rings. The Morgan fingerprint density at radius 2 is 1.78 bits per heavy atom. The number of amides is 3. The summed E-state index contributed by atoms with van der Waals surface area (Å²) in [7, 11) is 0. The molecule has 1 heterocycles. The quantitative estimate of drug-likeness (QED) is 0.0844. The number of nitrogens with one attached hydrogen (secondary N) is 2.